The molecule has 0 amide bonds. The van der Waals surface area contributed by atoms with E-state index in [1.807, 2.05) is 0 Å². The fourth-order valence-electron chi connectivity index (χ4n) is 14.8. The van der Waals surface area contributed by atoms with Crippen molar-refractivity contribution >= 4 is 123 Å². The lowest BCUT2D eigenvalue weighted by molar-refractivity contribution is 0.590. The molecule has 6 heteroatoms. The summed E-state index contributed by atoms with van der Waals surface area (Å²) in [6.07, 6.45) is 2.98. The van der Waals surface area contributed by atoms with Crippen molar-refractivity contribution in [2.75, 3.05) is 9.80 Å². The van der Waals surface area contributed by atoms with Gasteiger partial charge in [0.2, 0.25) is 0 Å². The normalized spacial score (nSPS) is 13.0. The fourth-order valence-corrected chi connectivity index (χ4v) is 14.8. The Bertz CT molecular complexity index is 5070. The van der Waals surface area contributed by atoms with Gasteiger partial charge in [-0.3, -0.25) is 0 Å². The predicted octanol–water partition coefficient (Wildman–Crippen LogP) is 19.8. The Morgan fingerprint density at radius 2 is 0.860 bits per heavy atom. The van der Waals surface area contributed by atoms with E-state index in [9.17, 15) is 0 Å². The highest BCUT2D eigenvalue weighted by atomic mass is 16.3. The summed E-state index contributed by atoms with van der Waals surface area (Å²) >= 11 is 0. The van der Waals surface area contributed by atoms with E-state index < -0.39 is 0 Å². The Morgan fingerprint density at radius 1 is 0.395 bits per heavy atom. The van der Waals surface area contributed by atoms with Gasteiger partial charge in [-0.15, -0.1) is 0 Å². The number of para-hydroxylation sites is 6. The average Bonchev–Trinajstić information content (AvgIpc) is 0.968. The van der Waals surface area contributed by atoms with Crippen LogP contribution in [0.15, 0.2) is 265 Å². The molecule has 2 aliphatic heterocycles. The third-order valence-corrected chi connectivity index (χ3v) is 18.7. The van der Waals surface area contributed by atoms with E-state index in [0.717, 1.165) is 80.8 Å². The standard InChI is InChI=1S/C80H61BN4O/c1-5-6-28-62-70(45-46-76-77(62)63-33-17-22-40-75(63)86-76)84-71-49-54(82-66-36-18-13-29-58(66)59-30-14-19-37-67(59)82)41-43-64(71)81-65-44-42-55(83-68-38-20-15-31-60(68)61-32-16-21-39-69(61)83)50-72(65)85(74-48-53(80(2,3)4)47-73(84)78(74)81)79-56(51-24-9-7-10-25-51)34-23-35-57(79)52-26-11-8-12-27-52/h7-27,29-50H,5-6,28H2,1-4H3. The third kappa shape index (κ3) is 7.51. The van der Waals surface area contributed by atoms with Crippen molar-refractivity contribution in [3.05, 3.63) is 272 Å². The molecule has 12 aromatic carbocycles. The maximum absolute atomic E-state index is 6.78. The lowest BCUT2D eigenvalue weighted by Crippen LogP contribution is -2.61. The number of hydrogen-bond donors (Lipinski definition) is 0. The summed E-state index contributed by atoms with van der Waals surface area (Å²) in [5.41, 5.74) is 26.6. The minimum absolute atomic E-state index is 0.160. The average molecular weight is 1110 g/mol. The molecule has 0 radical (unpaired) electrons. The number of hydrogen-bond acceptors (Lipinski definition) is 3. The van der Waals surface area contributed by atoms with E-state index in [1.54, 1.807) is 0 Å². The molecule has 2 aliphatic rings. The first-order valence-corrected chi connectivity index (χ1v) is 30.5. The molecule has 0 saturated carbocycles. The first-order valence-electron chi connectivity index (χ1n) is 30.5. The summed E-state index contributed by atoms with van der Waals surface area (Å²) in [5.74, 6) is 0. The molecular formula is C80H61BN4O. The smallest absolute Gasteiger partial charge is 0.252 e. The van der Waals surface area contributed by atoms with Gasteiger partial charge in [0.25, 0.3) is 6.71 Å². The first kappa shape index (κ1) is 50.2. The Hall–Kier alpha value is -10.3. The number of aromatic nitrogens is 2. The highest BCUT2D eigenvalue weighted by Gasteiger charge is 2.46. The Balaban J connectivity index is 1.04. The van der Waals surface area contributed by atoms with E-state index in [1.165, 1.54) is 99.3 Å². The molecule has 86 heavy (non-hydrogen) atoms. The van der Waals surface area contributed by atoms with E-state index in [4.69, 9.17) is 4.42 Å². The molecule has 0 unspecified atom stereocenters. The number of nitrogens with zero attached hydrogens (tertiary/aromatic N) is 4. The van der Waals surface area contributed by atoms with E-state index >= 15 is 0 Å². The highest BCUT2D eigenvalue weighted by Crippen LogP contribution is 2.53. The van der Waals surface area contributed by atoms with E-state index in [0.29, 0.717) is 0 Å². The lowest BCUT2D eigenvalue weighted by atomic mass is 9.33. The number of furan rings is 1. The molecule has 17 rings (SSSR count). The molecule has 5 heterocycles. The maximum atomic E-state index is 6.78. The Labute approximate surface area is 501 Å². The van der Waals surface area contributed by atoms with Gasteiger partial charge in [-0.2, -0.15) is 0 Å². The molecule has 5 nitrogen and oxygen atoms in total. The minimum atomic E-state index is -0.258. The molecule has 15 aromatic rings. The van der Waals surface area contributed by atoms with Crippen LogP contribution in [0, 0.1) is 0 Å². The first-order chi connectivity index (χ1) is 42.3. The summed E-state index contributed by atoms with van der Waals surface area (Å²) < 4.78 is 11.8. The van der Waals surface area contributed by atoms with Crippen molar-refractivity contribution < 1.29 is 4.42 Å². The summed E-state index contributed by atoms with van der Waals surface area (Å²) in [6, 6.07) is 97.6. The van der Waals surface area contributed by atoms with Gasteiger partial charge in [0.05, 0.1) is 33.4 Å². The van der Waals surface area contributed by atoms with Crippen LogP contribution in [-0.2, 0) is 11.8 Å². The van der Waals surface area contributed by atoms with Gasteiger partial charge in [-0.1, -0.05) is 216 Å². The van der Waals surface area contributed by atoms with Crippen LogP contribution in [-0.4, -0.2) is 15.8 Å². The van der Waals surface area contributed by atoms with Crippen LogP contribution in [0.4, 0.5) is 34.1 Å². The second-order valence-electron chi connectivity index (χ2n) is 24.6. The lowest BCUT2D eigenvalue weighted by Gasteiger charge is -2.46. The van der Waals surface area contributed by atoms with E-state index in [2.05, 4.69) is 307 Å². The van der Waals surface area contributed by atoms with Gasteiger partial charge < -0.3 is 23.4 Å². The zero-order valence-corrected chi connectivity index (χ0v) is 48.7. The predicted molar refractivity (Wildman–Crippen MR) is 365 cm³/mol. The zero-order valence-electron chi connectivity index (χ0n) is 48.7. The minimum Gasteiger partial charge on any atom is -0.456 e. The van der Waals surface area contributed by atoms with Crippen molar-refractivity contribution in [2.24, 2.45) is 0 Å². The highest BCUT2D eigenvalue weighted by molar-refractivity contribution is 7.00. The van der Waals surface area contributed by atoms with Gasteiger partial charge >= 0.3 is 0 Å². The van der Waals surface area contributed by atoms with Crippen LogP contribution in [0.3, 0.4) is 0 Å². The summed E-state index contributed by atoms with van der Waals surface area (Å²) in [6.45, 7) is 9.29. The summed E-state index contributed by atoms with van der Waals surface area (Å²) in [5, 5.41) is 7.32. The van der Waals surface area contributed by atoms with Crippen LogP contribution in [0.1, 0.15) is 51.7 Å². The molecule has 0 spiro atoms. The Kier molecular flexibility index (Phi) is 11.3. The number of anilines is 6. The molecule has 0 N–H and O–H groups in total. The van der Waals surface area contributed by atoms with Gasteiger partial charge in [-0.05, 0) is 136 Å². The van der Waals surface area contributed by atoms with Crippen LogP contribution >= 0.6 is 0 Å². The topological polar surface area (TPSA) is 29.5 Å². The number of fused-ring (bicyclic) bond motifs is 13. The second kappa shape index (κ2) is 19.4. The van der Waals surface area contributed by atoms with Crippen LogP contribution < -0.4 is 26.2 Å². The zero-order chi connectivity index (χ0) is 57.4. The molecule has 0 fully saturated rings. The SMILES string of the molecule is CCCCc1c(N2c3cc(-n4c5ccccc5c5ccccc54)ccc3B3c4ccc(-n5c6ccccc6c6ccccc65)cc4N(c4c(-c5ccccc5)cccc4-c4ccccc4)c4cc(C(C)(C)C)cc2c43)ccc2oc3ccccc3c12. The molecule has 3 aromatic heterocycles. The van der Waals surface area contributed by atoms with Gasteiger partial charge in [-0.25, -0.2) is 0 Å². The quantitative estimate of drug-likeness (QED) is 0.135. The maximum Gasteiger partial charge on any atom is 0.252 e. The number of unbranched alkanes of at least 4 members (excludes halogenated alkanes) is 1. The molecule has 0 atom stereocenters. The van der Waals surface area contributed by atoms with Crippen LogP contribution in [0.5, 0.6) is 0 Å². The fraction of sp³-hybridized carbons (Fsp3) is 0.100. The second-order valence-corrected chi connectivity index (χ2v) is 24.6. The largest absolute Gasteiger partial charge is 0.456 e. The van der Waals surface area contributed by atoms with Crippen molar-refractivity contribution in [2.45, 2.75) is 52.4 Å². The van der Waals surface area contributed by atoms with Crippen LogP contribution in [0.25, 0.3) is 99.2 Å². The number of benzene rings is 12. The van der Waals surface area contributed by atoms with Gasteiger partial charge in [0, 0.05) is 77.6 Å². The summed E-state index contributed by atoms with van der Waals surface area (Å²) in [7, 11) is 0. The van der Waals surface area contributed by atoms with Crippen LogP contribution in [0.2, 0.25) is 0 Å². The monoisotopic (exact) mass is 1100 g/mol. The van der Waals surface area contributed by atoms with Gasteiger partial charge in [0.1, 0.15) is 11.2 Å². The van der Waals surface area contributed by atoms with Crippen molar-refractivity contribution in [1.29, 1.82) is 0 Å². The van der Waals surface area contributed by atoms with Crippen molar-refractivity contribution in [3.63, 3.8) is 0 Å². The van der Waals surface area contributed by atoms with Crippen molar-refractivity contribution in [1.82, 2.24) is 9.13 Å². The molecule has 0 bridgehead atoms. The molecular weight excluding hydrogens is 1040 g/mol. The molecule has 0 aliphatic carbocycles. The summed E-state index contributed by atoms with van der Waals surface area (Å²) in [4.78, 5) is 5.36. The third-order valence-electron chi connectivity index (χ3n) is 18.7. The Morgan fingerprint density at radius 3 is 1.37 bits per heavy atom. The van der Waals surface area contributed by atoms with Crippen molar-refractivity contribution in [3.8, 4) is 33.6 Å². The van der Waals surface area contributed by atoms with E-state index in [-0.39, 0.29) is 12.1 Å². The van der Waals surface area contributed by atoms with Gasteiger partial charge in [0.15, 0.2) is 0 Å². The molecule has 0 saturated heterocycles. The number of aryl methyl sites for hydroxylation is 1. The molecule has 410 valence electrons. The number of rotatable bonds is 9.